The van der Waals surface area contributed by atoms with Crippen LogP contribution >= 0.6 is 0 Å². The topological polar surface area (TPSA) is 54.0 Å². The maximum atomic E-state index is 11.2. The van der Waals surface area contributed by atoms with Crippen molar-refractivity contribution in [1.29, 1.82) is 0 Å². The molecule has 2 unspecified atom stereocenters. The lowest BCUT2D eigenvalue weighted by Crippen LogP contribution is -2.21. The molecule has 0 aliphatic rings. The largest absolute Gasteiger partial charge is 0.370 e. The van der Waals surface area contributed by atoms with Crippen LogP contribution < -0.4 is 10.6 Å². The summed E-state index contributed by atoms with van der Waals surface area (Å²) in [5.74, 6) is 1.70. The molecule has 0 fully saturated rings. The van der Waals surface area contributed by atoms with Crippen LogP contribution in [0.3, 0.4) is 0 Å². The first kappa shape index (κ1) is 14.0. The van der Waals surface area contributed by atoms with E-state index in [9.17, 15) is 4.21 Å². The zero-order valence-corrected chi connectivity index (χ0v) is 11.5. The van der Waals surface area contributed by atoms with Crippen molar-refractivity contribution in [3.63, 3.8) is 0 Å². The molecule has 0 saturated carbocycles. The fourth-order valence-corrected chi connectivity index (χ4v) is 1.57. The van der Waals surface area contributed by atoms with Crippen molar-refractivity contribution in [2.24, 2.45) is 0 Å². The standard InChI is InChI=1S/C12H21N3OS/c1-4-8-13-11-6-5-7-12(15-11)14-9-10(2)17(3)16/h5-7,10H,4,8-9H2,1-3H3,(H2,13,14,15). The Kier molecular flexibility index (Phi) is 5.97. The molecule has 1 aromatic heterocycles. The van der Waals surface area contributed by atoms with E-state index in [4.69, 9.17) is 0 Å². The van der Waals surface area contributed by atoms with Crippen LogP contribution in [0.25, 0.3) is 0 Å². The van der Waals surface area contributed by atoms with Gasteiger partial charge in [-0.1, -0.05) is 13.0 Å². The minimum Gasteiger partial charge on any atom is -0.370 e. The summed E-state index contributed by atoms with van der Waals surface area (Å²) in [5.41, 5.74) is 0. The number of aromatic nitrogens is 1. The maximum Gasteiger partial charge on any atom is 0.128 e. The molecule has 0 aliphatic carbocycles. The van der Waals surface area contributed by atoms with E-state index in [2.05, 4.69) is 22.5 Å². The highest BCUT2D eigenvalue weighted by Gasteiger charge is 2.05. The number of hydrogen-bond acceptors (Lipinski definition) is 4. The quantitative estimate of drug-likeness (QED) is 0.783. The summed E-state index contributed by atoms with van der Waals surface area (Å²) in [5, 5.41) is 6.56. The number of nitrogens with one attached hydrogen (secondary N) is 2. The molecular formula is C12H21N3OS. The Morgan fingerprint density at radius 1 is 1.35 bits per heavy atom. The molecule has 5 heteroatoms. The van der Waals surface area contributed by atoms with Gasteiger partial charge in [-0.25, -0.2) is 4.98 Å². The van der Waals surface area contributed by atoms with Crippen molar-refractivity contribution < 1.29 is 4.21 Å². The van der Waals surface area contributed by atoms with Crippen molar-refractivity contribution in [3.8, 4) is 0 Å². The number of pyridine rings is 1. The Morgan fingerprint density at radius 3 is 2.59 bits per heavy atom. The number of hydrogen-bond donors (Lipinski definition) is 2. The second-order valence-corrected chi connectivity index (χ2v) is 5.83. The molecule has 1 rings (SSSR count). The molecule has 0 bridgehead atoms. The number of anilines is 2. The van der Waals surface area contributed by atoms with Crippen LogP contribution in [0, 0.1) is 0 Å². The summed E-state index contributed by atoms with van der Waals surface area (Å²) in [6.07, 6.45) is 2.80. The van der Waals surface area contributed by atoms with Crippen LogP contribution in [0.5, 0.6) is 0 Å². The van der Waals surface area contributed by atoms with Crippen LogP contribution in [0.1, 0.15) is 20.3 Å². The van der Waals surface area contributed by atoms with Crippen LogP contribution in [-0.4, -0.2) is 33.8 Å². The first-order chi connectivity index (χ1) is 8.13. The smallest absolute Gasteiger partial charge is 0.128 e. The van der Waals surface area contributed by atoms with Crippen LogP contribution in [0.2, 0.25) is 0 Å². The van der Waals surface area contributed by atoms with Gasteiger partial charge >= 0.3 is 0 Å². The SMILES string of the molecule is CCCNc1cccc(NCC(C)S(C)=O)n1. The second kappa shape index (κ2) is 7.27. The van der Waals surface area contributed by atoms with E-state index in [1.807, 2.05) is 25.1 Å². The van der Waals surface area contributed by atoms with E-state index in [1.54, 1.807) is 6.26 Å². The molecule has 0 amide bonds. The monoisotopic (exact) mass is 255 g/mol. The fraction of sp³-hybridized carbons (Fsp3) is 0.583. The molecule has 0 spiro atoms. The Morgan fingerprint density at radius 2 is 2.00 bits per heavy atom. The van der Waals surface area contributed by atoms with Gasteiger partial charge in [0.1, 0.15) is 11.6 Å². The molecule has 2 N–H and O–H groups in total. The summed E-state index contributed by atoms with van der Waals surface area (Å²) < 4.78 is 11.2. The van der Waals surface area contributed by atoms with Gasteiger partial charge in [-0.3, -0.25) is 4.21 Å². The summed E-state index contributed by atoms with van der Waals surface area (Å²) in [6.45, 7) is 5.68. The van der Waals surface area contributed by atoms with Crippen LogP contribution in [0.15, 0.2) is 18.2 Å². The predicted octanol–water partition coefficient (Wildman–Crippen LogP) is 2.08. The Hall–Kier alpha value is -1.10. The summed E-state index contributed by atoms with van der Waals surface area (Å²) in [7, 11) is -0.800. The van der Waals surface area contributed by atoms with Gasteiger partial charge in [-0.15, -0.1) is 0 Å². The highest BCUT2D eigenvalue weighted by Crippen LogP contribution is 2.09. The average molecular weight is 255 g/mol. The van der Waals surface area contributed by atoms with E-state index >= 15 is 0 Å². The summed E-state index contributed by atoms with van der Waals surface area (Å²) in [6, 6.07) is 5.82. The van der Waals surface area contributed by atoms with E-state index in [-0.39, 0.29) is 5.25 Å². The van der Waals surface area contributed by atoms with Crippen LogP contribution in [-0.2, 0) is 10.8 Å². The zero-order chi connectivity index (χ0) is 12.7. The maximum absolute atomic E-state index is 11.2. The third kappa shape index (κ3) is 5.17. The third-order valence-corrected chi connectivity index (χ3v) is 3.74. The summed E-state index contributed by atoms with van der Waals surface area (Å²) >= 11 is 0. The van der Waals surface area contributed by atoms with E-state index < -0.39 is 10.8 Å². The first-order valence-corrected chi connectivity index (χ1v) is 7.52. The summed E-state index contributed by atoms with van der Waals surface area (Å²) in [4.78, 5) is 4.42. The van der Waals surface area contributed by atoms with Crippen molar-refractivity contribution >= 4 is 22.4 Å². The molecule has 0 aromatic carbocycles. The fourth-order valence-electron chi connectivity index (χ4n) is 1.25. The molecule has 0 radical (unpaired) electrons. The van der Waals surface area contributed by atoms with E-state index in [0.29, 0.717) is 6.54 Å². The molecule has 4 nitrogen and oxygen atoms in total. The van der Waals surface area contributed by atoms with E-state index in [1.165, 1.54) is 0 Å². The lowest BCUT2D eigenvalue weighted by molar-refractivity contribution is 0.679. The van der Waals surface area contributed by atoms with Gasteiger partial charge in [-0.05, 0) is 25.5 Å². The normalized spacial score (nSPS) is 14.1. The first-order valence-electron chi connectivity index (χ1n) is 5.90. The Balaban J connectivity index is 2.50. The Bertz CT molecular complexity index is 371. The van der Waals surface area contributed by atoms with Crippen LogP contribution in [0.4, 0.5) is 11.6 Å². The lowest BCUT2D eigenvalue weighted by Gasteiger charge is -2.11. The Labute approximate surface area is 106 Å². The van der Waals surface area contributed by atoms with Crippen molar-refractivity contribution in [2.45, 2.75) is 25.5 Å². The molecule has 1 aromatic rings. The molecular weight excluding hydrogens is 234 g/mol. The average Bonchev–Trinajstić information content (AvgIpc) is 2.33. The lowest BCUT2D eigenvalue weighted by atomic mass is 10.4. The van der Waals surface area contributed by atoms with Crippen molar-refractivity contribution in [3.05, 3.63) is 18.2 Å². The molecule has 2 atom stereocenters. The molecule has 0 aliphatic heterocycles. The van der Waals surface area contributed by atoms with E-state index in [0.717, 1.165) is 24.6 Å². The number of rotatable bonds is 7. The predicted molar refractivity (Wildman–Crippen MR) is 75.0 cm³/mol. The van der Waals surface area contributed by atoms with Crippen molar-refractivity contribution in [1.82, 2.24) is 4.98 Å². The molecule has 96 valence electrons. The van der Waals surface area contributed by atoms with Gasteiger partial charge in [0.05, 0.1) is 0 Å². The molecule has 0 saturated heterocycles. The van der Waals surface area contributed by atoms with Crippen molar-refractivity contribution in [2.75, 3.05) is 30.0 Å². The van der Waals surface area contributed by atoms with Gasteiger partial charge in [0.2, 0.25) is 0 Å². The molecule has 17 heavy (non-hydrogen) atoms. The highest BCUT2D eigenvalue weighted by atomic mass is 32.2. The minimum absolute atomic E-state index is 0.129. The van der Waals surface area contributed by atoms with Gasteiger partial charge in [-0.2, -0.15) is 0 Å². The zero-order valence-electron chi connectivity index (χ0n) is 10.7. The highest BCUT2D eigenvalue weighted by molar-refractivity contribution is 7.84. The third-order valence-electron chi connectivity index (χ3n) is 2.44. The number of nitrogens with zero attached hydrogens (tertiary/aromatic N) is 1. The second-order valence-electron chi connectivity index (χ2n) is 4.02. The molecule has 1 heterocycles. The van der Waals surface area contributed by atoms with Gasteiger partial charge in [0.15, 0.2) is 0 Å². The minimum atomic E-state index is -0.800. The van der Waals surface area contributed by atoms with Gasteiger partial charge < -0.3 is 10.6 Å². The van der Waals surface area contributed by atoms with Gasteiger partial charge in [0, 0.05) is 35.4 Å². The van der Waals surface area contributed by atoms with Gasteiger partial charge in [0.25, 0.3) is 0 Å².